The number of ether oxygens (including phenoxy) is 3. The maximum Gasteiger partial charge on any atom is 0.332 e. The topological polar surface area (TPSA) is 56.8 Å². The molecule has 0 radical (unpaired) electrons. The van der Waals surface area contributed by atoms with Crippen molar-refractivity contribution in [1.29, 1.82) is 0 Å². The van der Waals surface area contributed by atoms with Gasteiger partial charge in [0.15, 0.2) is 0 Å². The quantitative estimate of drug-likeness (QED) is 0.672. The molecule has 1 aromatic carbocycles. The van der Waals surface area contributed by atoms with Crippen molar-refractivity contribution in [1.82, 2.24) is 5.32 Å². The number of carbonyl (C=O) groups excluding carboxylic acids is 1. The van der Waals surface area contributed by atoms with E-state index in [0.29, 0.717) is 0 Å². The summed E-state index contributed by atoms with van der Waals surface area (Å²) in [5.41, 5.74) is 1.92. The van der Waals surface area contributed by atoms with E-state index in [-0.39, 0.29) is 18.1 Å². The Kier molecular flexibility index (Phi) is 4.63. The summed E-state index contributed by atoms with van der Waals surface area (Å²) in [6, 6.07) is 7.80. The molecule has 5 heteroatoms. The molecule has 0 spiro atoms. The van der Waals surface area contributed by atoms with E-state index >= 15 is 0 Å². The van der Waals surface area contributed by atoms with Crippen LogP contribution < -0.4 is 10.1 Å². The molecule has 1 aliphatic rings. The van der Waals surface area contributed by atoms with Crippen molar-refractivity contribution in [3.8, 4) is 5.75 Å². The van der Waals surface area contributed by atoms with Crippen LogP contribution in [-0.4, -0.2) is 33.5 Å². The minimum Gasteiger partial charge on any atom is -0.497 e. The Bertz CT molecular complexity index is 495. The summed E-state index contributed by atoms with van der Waals surface area (Å²) in [6.07, 6.45) is 2.15. The Morgan fingerprint density at radius 2 is 1.95 bits per heavy atom. The van der Waals surface area contributed by atoms with Crippen LogP contribution in [0.4, 0.5) is 0 Å². The van der Waals surface area contributed by atoms with Crippen molar-refractivity contribution >= 4 is 5.97 Å². The predicted octanol–water partition coefficient (Wildman–Crippen LogP) is 1.80. The normalized spacial score (nSPS) is 23.4. The largest absolute Gasteiger partial charge is 0.497 e. The Labute approximate surface area is 118 Å². The number of hydrogen-bond donors (Lipinski definition) is 1. The van der Waals surface area contributed by atoms with Gasteiger partial charge in [0.05, 0.1) is 14.2 Å². The van der Waals surface area contributed by atoms with Crippen molar-refractivity contribution in [3.63, 3.8) is 0 Å². The first-order valence-corrected chi connectivity index (χ1v) is 6.40. The van der Waals surface area contributed by atoms with Crippen molar-refractivity contribution in [3.05, 3.63) is 41.6 Å². The van der Waals surface area contributed by atoms with Crippen LogP contribution in [0, 0.1) is 0 Å². The lowest BCUT2D eigenvalue weighted by molar-refractivity contribution is -0.134. The number of methoxy groups -OCH3 is 3. The van der Waals surface area contributed by atoms with Crippen LogP contribution in [0.25, 0.3) is 0 Å². The first-order chi connectivity index (χ1) is 9.67. The highest BCUT2D eigenvalue weighted by molar-refractivity contribution is 5.83. The van der Waals surface area contributed by atoms with E-state index < -0.39 is 0 Å². The number of allylic oxidation sites excluding steroid dienone is 1. The number of esters is 1. The average molecular weight is 277 g/mol. The van der Waals surface area contributed by atoms with E-state index in [1.807, 2.05) is 24.3 Å². The maximum atomic E-state index is 11.4. The molecule has 0 amide bonds. The zero-order chi connectivity index (χ0) is 14.5. The summed E-state index contributed by atoms with van der Waals surface area (Å²) in [7, 11) is 4.64. The highest BCUT2D eigenvalue weighted by atomic mass is 16.5. The minimum absolute atomic E-state index is 0.0879. The number of benzene rings is 1. The number of hydrogen-bond acceptors (Lipinski definition) is 5. The molecule has 20 heavy (non-hydrogen) atoms. The second-order valence-corrected chi connectivity index (χ2v) is 4.55. The summed E-state index contributed by atoms with van der Waals surface area (Å²) in [5, 5.41) is 3.19. The molecule has 1 saturated heterocycles. The van der Waals surface area contributed by atoms with E-state index in [4.69, 9.17) is 9.47 Å². The number of rotatable bonds is 4. The maximum absolute atomic E-state index is 11.4. The van der Waals surface area contributed by atoms with Crippen LogP contribution in [0.2, 0.25) is 0 Å². The second kappa shape index (κ2) is 6.43. The molecule has 1 unspecified atom stereocenters. The van der Waals surface area contributed by atoms with E-state index in [0.717, 1.165) is 23.4 Å². The van der Waals surface area contributed by atoms with Gasteiger partial charge in [0.25, 0.3) is 0 Å². The van der Waals surface area contributed by atoms with E-state index in [2.05, 4.69) is 10.1 Å². The number of carbonyl (C=O) groups is 1. The van der Waals surface area contributed by atoms with Gasteiger partial charge in [0.1, 0.15) is 12.0 Å². The fourth-order valence-corrected chi connectivity index (χ4v) is 2.32. The van der Waals surface area contributed by atoms with E-state index in [1.165, 1.54) is 13.2 Å². The molecule has 1 heterocycles. The minimum atomic E-state index is -0.372. The molecule has 1 aromatic rings. The molecule has 0 saturated carbocycles. The first kappa shape index (κ1) is 14.4. The monoisotopic (exact) mass is 277 g/mol. The standard InChI is InChI=1S/C15H19NO4/c1-18-11-6-4-10(5-7-11)12-8-14(19-2)16-13(12)9-15(17)20-3/h4-7,9,12,14,16H,8H2,1-3H3/b13-9-/t12-,14?/m0/s1. The van der Waals surface area contributed by atoms with Gasteiger partial charge in [-0.25, -0.2) is 4.79 Å². The SMILES string of the molecule is COC(=O)/C=C1\NC(OC)C[C@H]1c1ccc(OC)cc1. The van der Waals surface area contributed by atoms with Gasteiger partial charge in [0, 0.05) is 31.2 Å². The second-order valence-electron chi connectivity index (χ2n) is 4.55. The Balaban J connectivity index is 2.25. The molecule has 0 bridgehead atoms. The Hall–Kier alpha value is -2.01. The molecule has 1 aliphatic heterocycles. The van der Waals surface area contributed by atoms with Gasteiger partial charge in [0.2, 0.25) is 0 Å². The summed E-state index contributed by atoms with van der Waals surface area (Å²) in [4.78, 5) is 11.4. The predicted molar refractivity (Wildman–Crippen MR) is 74.4 cm³/mol. The molecular formula is C15H19NO4. The molecule has 2 atom stereocenters. The fourth-order valence-electron chi connectivity index (χ4n) is 2.32. The molecule has 2 rings (SSSR count). The smallest absolute Gasteiger partial charge is 0.332 e. The van der Waals surface area contributed by atoms with Crippen molar-refractivity contribution in [2.75, 3.05) is 21.3 Å². The summed E-state index contributed by atoms with van der Waals surface area (Å²) in [6.45, 7) is 0. The third-order valence-corrected chi connectivity index (χ3v) is 3.43. The van der Waals surface area contributed by atoms with E-state index in [9.17, 15) is 4.79 Å². The Morgan fingerprint density at radius 3 is 2.50 bits per heavy atom. The highest BCUT2D eigenvalue weighted by Gasteiger charge is 2.30. The number of nitrogens with one attached hydrogen (secondary N) is 1. The van der Waals surface area contributed by atoms with Crippen LogP contribution in [-0.2, 0) is 14.3 Å². The van der Waals surface area contributed by atoms with Gasteiger partial charge in [-0.1, -0.05) is 12.1 Å². The van der Waals surface area contributed by atoms with Gasteiger partial charge in [-0.15, -0.1) is 0 Å². The lowest BCUT2D eigenvalue weighted by Crippen LogP contribution is -2.22. The molecule has 1 fully saturated rings. The summed E-state index contributed by atoms with van der Waals surface area (Å²) >= 11 is 0. The van der Waals surface area contributed by atoms with Gasteiger partial charge in [-0.05, 0) is 17.7 Å². The highest BCUT2D eigenvalue weighted by Crippen LogP contribution is 2.34. The third-order valence-electron chi connectivity index (χ3n) is 3.43. The van der Waals surface area contributed by atoms with Gasteiger partial charge < -0.3 is 19.5 Å². The molecule has 0 aliphatic carbocycles. The van der Waals surface area contributed by atoms with Crippen LogP contribution in [0.15, 0.2) is 36.0 Å². The van der Waals surface area contributed by atoms with Crippen molar-refractivity contribution in [2.24, 2.45) is 0 Å². The first-order valence-electron chi connectivity index (χ1n) is 6.40. The van der Waals surface area contributed by atoms with Crippen LogP contribution in [0.3, 0.4) is 0 Å². The average Bonchev–Trinajstić information content (AvgIpc) is 2.90. The summed E-state index contributed by atoms with van der Waals surface area (Å²) < 4.78 is 15.2. The zero-order valence-corrected chi connectivity index (χ0v) is 11.9. The van der Waals surface area contributed by atoms with Crippen molar-refractivity contribution in [2.45, 2.75) is 18.6 Å². The van der Waals surface area contributed by atoms with Gasteiger partial charge in [-0.3, -0.25) is 0 Å². The van der Waals surface area contributed by atoms with Crippen molar-refractivity contribution < 1.29 is 19.0 Å². The molecule has 0 aromatic heterocycles. The van der Waals surface area contributed by atoms with Gasteiger partial charge in [-0.2, -0.15) is 0 Å². The van der Waals surface area contributed by atoms with Crippen LogP contribution >= 0.6 is 0 Å². The third kappa shape index (κ3) is 3.11. The molecule has 1 N–H and O–H groups in total. The molecular weight excluding hydrogens is 258 g/mol. The molecule has 5 nitrogen and oxygen atoms in total. The zero-order valence-electron chi connectivity index (χ0n) is 11.9. The Morgan fingerprint density at radius 1 is 1.25 bits per heavy atom. The molecule has 108 valence electrons. The van der Waals surface area contributed by atoms with Crippen LogP contribution in [0.5, 0.6) is 5.75 Å². The lowest BCUT2D eigenvalue weighted by atomic mass is 9.95. The van der Waals surface area contributed by atoms with E-state index in [1.54, 1.807) is 14.2 Å². The lowest BCUT2D eigenvalue weighted by Gasteiger charge is -2.12. The van der Waals surface area contributed by atoms with Gasteiger partial charge >= 0.3 is 5.97 Å². The fraction of sp³-hybridized carbons (Fsp3) is 0.400. The van der Waals surface area contributed by atoms with Crippen LogP contribution in [0.1, 0.15) is 17.9 Å². The summed E-state index contributed by atoms with van der Waals surface area (Å²) in [5.74, 6) is 0.522.